The van der Waals surface area contributed by atoms with Gasteiger partial charge in [0.25, 0.3) is 5.91 Å². The van der Waals surface area contributed by atoms with Crippen molar-refractivity contribution in [3.63, 3.8) is 0 Å². The highest BCUT2D eigenvalue weighted by atomic mass is 35.5. The lowest BCUT2D eigenvalue weighted by Crippen LogP contribution is -2.59. The number of aromatic nitrogens is 1. The molecule has 1 atom stereocenters. The van der Waals surface area contributed by atoms with Gasteiger partial charge in [-0.05, 0) is 6.07 Å². The zero-order valence-corrected chi connectivity index (χ0v) is 11.5. The summed E-state index contributed by atoms with van der Waals surface area (Å²) in [6.07, 6.45) is 1.18. The van der Waals surface area contributed by atoms with Crippen LogP contribution < -0.4 is 5.32 Å². The molecule has 0 spiro atoms. The number of carbonyl (C=O) groups excluding carboxylic acids is 2. The monoisotopic (exact) mass is 317 g/mol. The quantitative estimate of drug-likeness (QED) is 0.770. The minimum absolute atomic E-state index is 0.0365. The first-order valence-electron chi connectivity index (χ1n) is 5.51. The van der Waals surface area contributed by atoms with E-state index < -0.39 is 23.8 Å². The number of nitrogens with one attached hydrogen (secondary N) is 1. The molecule has 2 heterocycles. The molecular formula is C11H9Cl2N3O4. The first-order chi connectivity index (χ1) is 9.40. The second-order valence-corrected chi connectivity index (χ2v) is 4.85. The molecule has 0 saturated carbocycles. The summed E-state index contributed by atoms with van der Waals surface area (Å²) >= 11 is 11.4. The minimum Gasteiger partial charge on any atom is -0.480 e. The Kier molecular flexibility index (Phi) is 4.10. The highest BCUT2D eigenvalue weighted by Gasteiger charge is 2.35. The third kappa shape index (κ3) is 2.83. The molecule has 0 radical (unpaired) electrons. The smallest absolute Gasteiger partial charge is 0.328 e. The first-order valence-corrected chi connectivity index (χ1v) is 6.27. The number of amides is 2. The molecule has 2 amide bonds. The number of rotatable bonds is 2. The van der Waals surface area contributed by atoms with E-state index >= 15 is 0 Å². The molecule has 0 aliphatic carbocycles. The molecule has 1 unspecified atom stereocenters. The van der Waals surface area contributed by atoms with Crippen LogP contribution in [0.4, 0.5) is 0 Å². The predicted molar refractivity (Wildman–Crippen MR) is 69.7 cm³/mol. The summed E-state index contributed by atoms with van der Waals surface area (Å²) in [7, 11) is 0. The SMILES string of the molecule is O=C1CN(C(=O)c2cnc(Cl)c(Cl)c2)C(C(=O)O)CN1. The number of nitrogens with zero attached hydrogens (tertiary/aromatic N) is 2. The molecule has 106 valence electrons. The Morgan fingerprint density at radius 3 is 2.75 bits per heavy atom. The molecule has 1 aliphatic rings. The fourth-order valence-electron chi connectivity index (χ4n) is 1.78. The van der Waals surface area contributed by atoms with Gasteiger partial charge in [0.05, 0.1) is 10.6 Å². The molecule has 1 saturated heterocycles. The maximum absolute atomic E-state index is 12.3. The van der Waals surface area contributed by atoms with Gasteiger partial charge in [0.1, 0.15) is 17.7 Å². The number of pyridine rings is 1. The molecule has 1 aromatic heterocycles. The van der Waals surface area contributed by atoms with Gasteiger partial charge in [-0.25, -0.2) is 9.78 Å². The molecule has 9 heteroatoms. The van der Waals surface area contributed by atoms with Crippen molar-refractivity contribution in [1.29, 1.82) is 0 Å². The van der Waals surface area contributed by atoms with Gasteiger partial charge in [-0.3, -0.25) is 9.59 Å². The topological polar surface area (TPSA) is 99.6 Å². The Bertz CT molecular complexity index is 593. The van der Waals surface area contributed by atoms with E-state index in [2.05, 4.69) is 10.3 Å². The highest BCUT2D eigenvalue weighted by molar-refractivity contribution is 6.41. The average Bonchev–Trinajstić information content (AvgIpc) is 2.40. The Labute approximate surface area is 123 Å². The molecule has 0 aromatic carbocycles. The Hall–Kier alpha value is -1.86. The van der Waals surface area contributed by atoms with E-state index in [1.807, 2.05) is 0 Å². The van der Waals surface area contributed by atoms with Gasteiger partial charge >= 0.3 is 5.97 Å². The average molecular weight is 318 g/mol. The van der Waals surface area contributed by atoms with Crippen LogP contribution in [0.1, 0.15) is 10.4 Å². The van der Waals surface area contributed by atoms with Crippen LogP contribution >= 0.6 is 23.2 Å². The van der Waals surface area contributed by atoms with E-state index in [-0.39, 0.29) is 28.8 Å². The lowest BCUT2D eigenvalue weighted by atomic mass is 10.1. The zero-order valence-electron chi connectivity index (χ0n) is 9.97. The number of carbonyl (C=O) groups is 3. The molecule has 0 bridgehead atoms. The van der Waals surface area contributed by atoms with E-state index in [1.165, 1.54) is 12.3 Å². The number of aliphatic carboxylic acids is 1. The number of piperazine rings is 1. The molecule has 1 aliphatic heterocycles. The second-order valence-electron chi connectivity index (χ2n) is 4.09. The third-order valence-corrected chi connectivity index (χ3v) is 3.46. The van der Waals surface area contributed by atoms with Crippen LogP contribution in [-0.2, 0) is 9.59 Å². The number of halogens is 2. The Morgan fingerprint density at radius 2 is 2.15 bits per heavy atom. The maximum atomic E-state index is 12.3. The highest BCUT2D eigenvalue weighted by Crippen LogP contribution is 2.21. The summed E-state index contributed by atoms with van der Waals surface area (Å²) in [5.74, 6) is -2.27. The molecule has 20 heavy (non-hydrogen) atoms. The predicted octanol–water partition coefficient (Wildman–Crippen LogP) is 0.414. The van der Waals surface area contributed by atoms with Crippen molar-refractivity contribution >= 4 is 41.0 Å². The largest absolute Gasteiger partial charge is 0.480 e. The van der Waals surface area contributed by atoms with Crippen molar-refractivity contribution in [3.8, 4) is 0 Å². The normalized spacial score (nSPS) is 18.6. The van der Waals surface area contributed by atoms with Crippen molar-refractivity contribution in [1.82, 2.24) is 15.2 Å². The van der Waals surface area contributed by atoms with Gasteiger partial charge in [0.2, 0.25) is 5.91 Å². The van der Waals surface area contributed by atoms with Gasteiger partial charge in [-0.2, -0.15) is 0 Å². The summed E-state index contributed by atoms with van der Waals surface area (Å²) < 4.78 is 0. The minimum atomic E-state index is -1.20. The van der Waals surface area contributed by atoms with Gasteiger partial charge in [0, 0.05) is 12.7 Å². The fourth-order valence-corrected chi connectivity index (χ4v) is 2.05. The fraction of sp³-hybridized carbons (Fsp3) is 0.273. The van der Waals surface area contributed by atoms with Crippen molar-refractivity contribution in [2.24, 2.45) is 0 Å². The Balaban J connectivity index is 2.31. The lowest BCUT2D eigenvalue weighted by Gasteiger charge is -2.32. The summed E-state index contributed by atoms with van der Waals surface area (Å²) in [4.78, 5) is 39.4. The Morgan fingerprint density at radius 1 is 1.45 bits per heavy atom. The van der Waals surface area contributed by atoms with Gasteiger partial charge in [-0.15, -0.1) is 0 Å². The van der Waals surface area contributed by atoms with Crippen LogP contribution in [0.2, 0.25) is 10.2 Å². The van der Waals surface area contributed by atoms with Crippen LogP contribution in [0.25, 0.3) is 0 Å². The maximum Gasteiger partial charge on any atom is 0.328 e. The van der Waals surface area contributed by atoms with Crippen molar-refractivity contribution in [2.45, 2.75) is 6.04 Å². The number of hydrogen-bond acceptors (Lipinski definition) is 4. The summed E-state index contributed by atoms with van der Waals surface area (Å²) in [6.45, 7) is -0.481. The lowest BCUT2D eigenvalue weighted by molar-refractivity contribution is -0.144. The van der Waals surface area contributed by atoms with E-state index in [0.29, 0.717) is 0 Å². The molecular weight excluding hydrogens is 309 g/mol. The summed E-state index contributed by atoms with van der Waals surface area (Å²) in [6, 6.07) is 0.152. The van der Waals surface area contributed by atoms with Crippen LogP contribution in [0.15, 0.2) is 12.3 Å². The van der Waals surface area contributed by atoms with Crippen LogP contribution in [0, 0.1) is 0 Å². The first kappa shape index (κ1) is 14.5. The van der Waals surface area contributed by atoms with Gasteiger partial charge in [-0.1, -0.05) is 23.2 Å². The second kappa shape index (κ2) is 5.64. The van der Waals surface area contributed by atoms with Crippen LogP contribution in [-0.4, -0.2) is 51.9 Å². The van der Waals surface area contributed by atoms with Crippen LogP contribution in [0.3, 0.4) is 0 Å². The van der Waals surface area contributed by atoms with Crippen molar-refractivity contribution in [2.75, 3.05) is 13.1 Å². The number of hydrogen-bond donors (Lipinski definition) is 2. The number of carboxylic acids is 1. The van der Waals surface area contributed by atoms with E-state index in [9.17, 15) is 14.4 Å². The van der Waals surface area contributed by atoms with Gasteiger partial charge < -0.3 is 15.3 Å². The number of carboxylic acid groups (broad SMARTS) is 1. The molecule has 1 aromatic rings. The zero-order chi connectivity index (χ0) is 14.9. The summed E-state index contributed by atoms with van der Waals surface area (Å²) in [5, 5.41) is 11.6. The van der Waals surface area contributed by atoms with E-state index in [0.717, 1.165) is 4.90 Å². The summed E-state index contributed by atoms with van der Waals surface area (Å²) in [5.41, 5.74) is 0.0698. The molecule has 2 rings (SSSR count). The van der Waals surface area contributed by atoms with Crippen LogP contribution in [0.5, 0.6) is 0 Å². The van der Waals surface area contributed by atoms with Crippen molar-refractivity contribution in [3.05, 3.63) is 28.0 Å². The third-order valence-electron chi connectivity index (χ3n) is 2.77. The van der Waals surface area contributed by atoms with Crippen molar-refractivity contribution < 1.29 is 19.5 Å². The molecule has 2 N–H and O–H groups in total. The van der Waals surface area contributed by atoms with E-state index in [1.54, 1.807) is 0 Å². The van der Waals surface area contributed by atoms with E-state index in [4.69, 9.17) is 28.3 Å². The molecule has 1 fully saturated rings. The van der Waals surface area contributed by atoms with Gasteiger partial charge in [0.15, 0.2) is 0 Å². The molecule has 7 nitrogen and oxygen atoms in total. The standard InChI is InChI=1S/C11H9Cl2N3O4/c12-6-1-5(2-15-9(6)13)10(18)16-4-8(17)14-3-7(16)11(19)20/h1-2,7H,3-4H2,(H,14,17)(H,19,20).